The van der Waals surface area contributed by atoms with Crippen molar-refractivity contribution in [2.75, 3.05) is 5.73 Å². The van der Waals surface area contributed by atoms with Gasteiger partial charge in [0.25, 0.3) is 0 Å². The van der Waals surface area contributed by atoms with Gasteiger partial charge in [0.1, 0.15) is 16.7 Å². The fourth-order valence-electron chi connectivity index (χ4n) is 1.05. The van der Waals surface area contributed by atoms with Crippen molar-refractivity contribution in [1.29, 1.82) is 0 Å². The van der Waals surface area contributed by atoms with Crippen LogP contribution < -0.4 is 5.73 Å². The van der Waals surface area contributed by atoms with E-state index in [1.807, 2.05) is 13.8 Å². The van der Waals surface area contributed by atoms with E-state index in [0.717, 1.165) is 22.8 Å². The Hall–Kier alpha value is -0.770. The van der Waals surface area contributed by atoms with E-state index in [1.54, 1.807) is 11.8 Å². The molecule has 0 saturated carbocycles. The Labute approximate surface area is 89.5 Å². The lowest BCUT2D eigenvalue weighted by atomic mass is 10.3. The monoisotopic (exact) mass is 211 g/mol. The molecule has 0 aromatic carbocycles. The van der Waals surface area contributed by atoms with E-state index in [4.69, 9.17) is 5.73 Å². The topological polar surface area (TPSA) is 51.8 Å². The number of nitrogens with zero attached hydrogens (tertiary/aromatic N) is 2. The van der Waals surface area contributed by atoms with Crippen LogP contribution in [0.15, 0.2) is 5.03 Å². The molecule has 0 saturated heterocycles. The molecule has 0 atom stereocenters. The molecule has 1 rings (SSSR count). The molecule has 1 heterocycles. The summed E-state index contributed by atoms with van der Waals surface area (Å²) < 4.78 is 0. The summed E-state index contributed by atoms with van der Waals surface area (Å²) in [7, 11) is 0. The number of thioether (sulfide) groups is 1. The van der Waals surface area contributed by atoms with Crippen LogP contribution in [0.25, 0.3) is 0 Å². The number of anilines is 1. The highest BCUT2D eigenvalue weighted by Crippen LogP contribution is 2.26. The van der Waals surface area contributed by atoms with E-state index in [0.29, 0.717) is 11.1 Å². The number of nitrogen functional groups attached to an aromatic ring is 1. The third-order valence-electron chi connectivity index (χ3n) is 1.85. The average Bonchev–Trinajstić information content (AvgIpc) is 2.11. The van der Waals surface area contributed by atoms with Gasteiger partial charge >= 0.3 is 0 Å². The van der Waals surface area contributed by atoms with Gasteiger partial charge in [-0.05, 0) is 6.92 Å². The molecule has 1 aromatic heterocycles. The number of rotatable bonds is 3. The minimum Gasteiger partial charge on any atom is -0.383 e. The van der Waals surface area contributed by atoms with Crippen LogP contribution in [0.5, 0.6) is 0 Å². The Kier molecular flexibility index (Phi) is 3.75. The predicted molar refractivity (Wildman–Crippen MR) is 61.6 cm³/mol. The van der Waals surface area contributed by atoms with Crippen molar-refractivity contribution in [3.05, 3.63) is 11.4 Å². The molecular formula is C10H17N3S. The second kappa shape index (κ2) is 4.64. The van der Waals surface area contributed by atoms with Crippen molar-refractivity contribution in [3.63, 3.8) is 0 Å². The zero-order valence-electron chi connectivity index (χ0n) is 9.16. The second-order valence-corrected chi connectivity index (χ2v) is 5.04. The van der Waals surface area contributed by atoms with Crippen LogP contribution in [-0.4, -0.2) is 15.2 Å². The van der Waals surface area contributed by atoms with E-state index in [-0.39, 0.29) is 0 Å². The molecule has 0 spiro atoms. The standard InChI is InChI=1S/C10H17N3S/c1-5-8-12-9(11)7(4)10(13-8)14-6(2)3/h6H,5H2,1-4H3,(H2,11,12,13). The SMILES string of the molecule is CCc1nc(N)c(C)c(SC(C)C)n1. The summed E-state index contributed by atoms with van der Waals surface area (Å²) in [6.45, 7) is 8.30. The molecule has 0 aliphatic rings. The van der Waals surface area contributed by atoms with Gasteiger partial charge in [-0.2, -0.15) is 0 Å². The van der Waals surface area contributed by atoms with Gasteiger partial charge in [-0.25, -0.2) is 9.97 Å². The molecule has 1 aromatic rings. The van der Waals surface area contributed by atoms with Crippen LogP contribution in [0.4, 0.5) is 5.82 Å². The molecule has 0 aliphatic carbocycles. The summed E-state index contributed by atoms with van der Waals surface area (Å²) in [4.78, 5) is 8.68. The van der Waals surface area contributed by atoms with Crippen molar-refractivity contribution in [1.82, 2.24) is 9.97 Å². The van der Waals surface area contributed by atoms with Crippen molar-refractivity contribution < 1.29 is 0 Å². The Morgan fingerprint density at radius 3 is 2.50 bits per heavy atom. The van der Waals surface area contributed by atoms with Crippen molar-refractivity contribution in [3.8, 4) is 0 Å². The molecule has 0 unspecified atom stereocenters. The maximum absolute atomic E-state index is 5.81. The molecule has 0 amide bonds. The number of hydrogen-bond donors (Lipinski definition) is 1. The van der Waals surface area contributed by atoms with E-state index in [9.17, 15) is 0 Å². The first-order valence-corrected chi connectivity index (χ1v) is 5.72. The van der Waals surface area contributed by atoms with Gasteiger partial charge in [0.05, 0.1) is 0 Å². The molecule has 78 valence electrons. The number of aryl methyl sites for hydroxylation is 1. The minimum absolute atomic E-state index is 0.521. The van der Waals surface area contributed by atoms with Crippen LogP contribution >= 0.6 is 11.8 Å². The molecule has 0 bridgehead atoms. The minimum atomic E-state index is 0.521. The summed E-state index contributed by atoms with van der Waals surface area (Å²) in [5, 5.41) is 1.54. The summed E-state index contributed by atoms with van der Waals surface area (Å²) in [6, 6.07) is 0. The van der Waals surface area contributed by atoms with E-state index < -0.39 is 0 Å². The lowest BCUT2D eigenvalue weighted by Gasteiger charge is -2.10. The summed E-state index contributed by atoms with van der Waals surface area (Å²) in [6.07, 6.45) is 0.829. The van der Waals surface area contributed by atoms with Crippen LogP contribution in [0.3, 0.4) is 0 Å². The number of hydrogen-bond acceptors (Lipinski definition) is 4. The van der Waals surface area contributed by atoms with Crippen LogP contribution in [0.1, 0.15) is 32.2 Å². The highest BCUT2D eigenvalue weighted by Gasteiger charge is 2.09. The first kappa shape index (κ1) is 11.3. The summed E-state index contributed by atoms with van der Waals surface area (Å²) in [5.41, 5.74) is 6.81. The molecular weight excluding hydrogens is 194 g/mol. The highest BCUT2D eigenvalue weighted by molar-refractivity contribution is 7.99. The lowest BCUT2D eigenvalue weighted by Crippen LogP contribution is -2.04. The van der Waals surface area contributed by atoms with Gasteiger partial charge in [-0.3, -0.25) is 0 Å². The molecule has 2 N–H and O–H groups in total. The van der Waals surface area contributed by atoms with Gasteiger partial charge in [0, 0.05) is 17.2 Å². The van der Waals surface area contributed by atoms with Gasteiger partial charge in [0.2, 0.25) is 0 Å². The van der Waals surface area contributed by atoms with Gasteiger partial charge < -0.3 is 5.73 Å². The lowest BCUT2D eigenvalue weighted by molar-refractivity contribution is 0.875. The number of nitrogens with two attached hydrogens (primary N) is 1. The van der Waals surface area contributed by atoms with Gasteiger partial charge in [-0.1, -0.05) is 20.8 Å². The third kappa shape index (κ3) is 2.61. The molecule has 14 heavy (non-hydrogen) atoms. The second-order valence-electron chi connectivity index (χ2n) is 3.48. The molecule has 0 fully saturated rings. The quantitative estimate of drug-likeness (QED) is 0.616. The first-order valence-electron chi connectivity index (χ1n) is 4.84. The maximum atomic E-state index is 5.81. The van der Waals surface area contributed by atoms with E-state index in [2.05, 4.69) is 23.8 Å². The fraction of sp³-hybridized carbons (Fsp3) is 0.600. The molecule has 3 nitrogen and oxygen atoms in total. The van der Waals surface area contributed by atoms with E-state index in [1.165, 1.54) is 0 Å². The van der Waals surface area contributed by atoms with Crippen LogP contribution in [-0.2, 0) is 6.42 Å². The van der Waals surface area contributed by atoms with Crippen molar-refractivity contribution >= 4 is 17.6 Å². The average molecular weight is 211 g/mol. The van der Waals surface area contributed by atoms with Crippen LogP contribution in [0, 0.1) is 6.92 Å². The molecule has 0 aliphatic heterocycles. The summed E-state index contributed by atoms with van der Waals surface area (Å²) in [5.74, 6) is 1.44. The van der Waals surface area contributed by atoms with Crippen molar-refractivity contribution in [2.24, 2.45) is 0 Å². The largest absolute Gasteiger partial charge is 0.383 e. The Morgan fingerprint density at radius 1 is 1.36 bits per heavy atom. The smallest absolute Gasteiger partial charge is 0.131 e. The zero-order chi connectivity index (χ0) is 10.7. The van der Waals surface area contributed by atoms with Gasteiger partial charge in [-0.15, -0.1) is 11.8 Å². The fourth-order valence-corrected chi connectivity index (χ4v) is 1.94. The Morgan fingerprint density at radius 2 is 2.00 bits per heavy atom. The third-order valence-corrected chi connectivity index (χ3v) is 2.94. The van der Waals surface area contributed by atoms with Gasteiger partial charge in [0.15, 0.2) is 0 Å². The Balaban J connectivity index is 3.07. The molecule has 4 heteroatoms. The Bertz CT molecular complexity index is 323. The maximum Gasteiger partial charge on any atom is 0.131 e. The molecule has 0 radical (unpaired) electrons. The normalized spacial score (nSPS) is 10.9. The highest BCUT2D eigenvalue weighted by atomic mass is 32.2. The van der Waals surface area contributed by atoms with Crippen molar-refractivity contribution in [2.45, 2.75) is 44.4 Å². The first-order chi connectivity index (χ1) is 6.54. The van der Waals surface area contributed by atoms with E-state index >= 15 is 0 Å². The van der Waals surface area contributed by atoms with Crippen LogP contribution in [0.2, 0.25) is 0 Å². The summed E-state index contributed by atoms with van der Waals surface area (Å²) >= 11 is 1.74. The zero-order valence-corrected chi connectivity index (χ0v) is 9.98. The number of aromatic nitrogens is 2. The predicted octanol–water partition coefficient (Wildman–Crippen LogP) is 2.43.